The Morgan fingerprint density at radius 1 is 1.23 bits per heavy atom. The molecule has 0 saturated carbocycles. The van der Waals surface area contributed by atoms with Crippen LogP contribution in [-0.2, 0) is 6.54 Å². The molecule has 1 aromatic heterocycles. The molecule has 5 heteroatoms. The maximum atomic E-state index is 12.8. The first kappa shape index (κ1) is 15.9. The Bertz CT molecular complexity index is 611. The van der Waals surface area contributed by atoms with Crippen LogP contribution in [0.2, 0.25) is 0 Å². The topological polar surface area (TPSA) is 54.0 Å². The summed E-state index contributed by atoms with van der Waals surface area (Å²) in [5.41, 5.74) is 2.18. The lowest BCUT2D eigenvalue weighted by Gasteiger charge is -2.11. The summed E-state index contributed by atoms with van der Waals surface area (Å²) < 4.78 is 12.8. The molecule has 116 valence electrons. The van der Waals surface area contributed by atoms with Gasteiger partial charge in [0.1, 0.15) is 11.5 Å². The fraction of sp³-hybridized carbons (Fsp3) is 0.294. The lowest BCUT2D eigenvalue weighted by molar-refractivity contribution is 0.0934. The van der Waals surface area contributed by atoms with Crippen molar-refractivity contribution in [2.75, 3.05) is 5.32 Å². The molecule has 1 atom stereocenters. The Labute approximate surface area is 129 Å². The third kappa shape index (κ3) is 4.55. The van der Waals surface area contributed by atoms with E-state index in [1.54, 1.807) is 24.4 Å². The highest BCUT2D eigenvalue weighted by atomic mass is 19.1. The molecule has 1 heterocycles. The van der Waals surface area contributed by atoms with Crippen LogP contribution in [0.4, 0.5) is 10.1 Å². The van der Waals surface area contributed by atoms with E-state index in [4.69, 9.17) is 0 Å². The third-order valence-corrected chi connectivity index (χ3v) is 3.40. The summed E-state index contributed by atoms with van der Waals surface area (Å²) in [7, 11) is 0. The van der Waals surface area contributed by atoms with Crippen molar-refractivity contribution in [2.45, 2.75) is 32.9 Å². The Kier molecular flexibility index (Phi) is 5.47. The van der Waals surface area contributed by atoms with Crippen molar-refractivity contribution >= 4 is 11.6 Å². The highest BCUT2D eigenvalue weighted by Gasteiger charge is 2.09. The number of nitrogens with one attached hydrogen (secondary N) is 2. The van der Waals surface area contributed by atoms with Crippen molar-refractivity contribution < 1.29 is 9.18 Å². The molecule has 4 nitrogen and oxygen atoms in total. The van der Waals surface area contributed by atoms with Crippen LogP contribution >= 0.6 is 0 Å². The average Bonchev–Trinajstić information content (AvgIpc) is 2.54. The van der Waals surface area contributed by atoms with Gasteiger partial charge in [-0.3, -0.25) is 4.79 Å². The summed E-state index contributed by atoms with van der Waals surface area (Å²) in [6.45, 7) is 4.54. The minimum atomic E-state index is -0.248. The zero-order valence-corrected chi connectivity index (χ0v) is 12.8. The summed E-state index contributed by atoms with van der Waals surface area (Å²) in [6, 6.07) is 9.93. The first-order valence-corrected chi connectivity index (χ1v) is 7.33. The van der Waals surface area contributed by atoms with Crippen LogP contribution < -0.4 is 10.6 Å². The molecule has 0 saturated heterocycles. The second kappa shape index (κ2) is 7.54. The van der Waals surface area contributed by atoms with Crippen LogP contribution in [0.25, 0.3) is 0 Å². The number of nitrogens with zero attached hydrogens (tertiary/aromatic N) is 1. The van der Waals surface area contributed by atoms with Crippen LogP contribution in [0.5, 0.6) is 0 Å². The van der Waals surface area contributed by atoms with Crippen molar-refractivity contribution in [2.24, 2.45) is 0 Å². The van der Waals surface area contributed by atoms with Crippen LogP contribution in [0.15, 0.2) is 42.6 Å². The van der Waals surface area contributed by atoms with E-state index in [9.17, 15) is 9.18 Å². The van der Waals surface area contributed by atoms with E-state index in [0.29, 0.717) is 12.2 Å². The summed E-state index contributed by atoms with van der Waals surface area (Å²) in [5, 5.41) is 6.05. The van der Waals surface area contributed by atoms with Crippen molar-refractivity contribution in [3.8, 4) is 0 Å². The van der Waals surface area contributed by atoms with Crippen molar-refractivity contribution in [1.29, 1.82) is 0 Å². The van der Waals surface area contributed by atoms with E-state index in [-0.39, 0.29) is 17.8 Å². The zero-order valence-electron chi connectivity index (χ0n) is 12.8. The Hall–Kier alpha value is -2.43. The largest absolute Gasteiger partial charge is 0.380 e. The third-order valence-electron chi connectivity index (χ3n) is 3.40. The van der Waals surface area contributed by atoms with Gasteiger partial charge in [0.2, 0.25) is 0 Å². The summed E-state index contributed by atoms with van der Waals surface area (Å²) in [5.74, 6) is -0.415. The maximum Gasteiger partial charge on any atom is 0.270 e. The first-order chi connectivity index (χ1) is 10.6. The molecule has 0 bridgehead atoms. The van der Waals surface area contributed by atoms with E-state index in [0.717, 1.165) is 17.7 Å². The van der Waals surface area contributed by atoms with E-state index in [1.807, 2.05) is 19.9 Å². The van der Waals surface area contributed by atoms with Gasteiger partial charge in [0.15, 0.2) is 0 Å². The van der Waals surface area contributed by atoms with Crippen molar-refractivity contribution in [3.05, 3.63) is 59.7 Å². The molecule has 0 aliphatic rings. The lowest BCUT2D eigenvalue weighted by atomic mass is 10.2. The molecule has 1 amide bonds. The molecule has 0 aliphatic carbocycles. The van der Waals surface area contributed by atoms with Crippen LogP contribution in [0.1, 0.15) is 36.3 Å². The molecular formula is C17H20FN3O. The van der Waals surface area contributed by atoms with E-state index in [1.165, 1.54) is 12.1 Å². The number of aromatic nitrogens is 1. The van der Waals surface area contributed by atoms with Gasteiger partial charge in [-0.05, 0) is 43.2 Å². The van der Waals surface area contributed by atoms with E-state index >= 15 is 0 Å². The molecule has 22 heavy (non-hydrogen) atoms. The number of pyridine rings is 1. The fourth-order valence-corrected chi connectivity index (χ4v) is 1.84. The number of carbonyl (C=O) groups excluding carboxylic acids is 1. The number of hydrogen-bond donors (Lipinski definition) is 2. The number of benzene rings is 1. The predicted octanol–water partition coefficient (Wildman–Crippen LogP) is 3.36. The number of hydrogen-bond acceptors (Lipinski definition) is 3. The lowest BCUT2D eigenvalue weighted by Crippen LogP contribution is -2.32. The fourth-order valence-electron chi connectivity index (χ4n) is 1.84. The smallest absolute Gasteiger partial charge is 0.270 e. The van der Waals surface area contributed by atoms with E-state index < -0.39 is 0 Å². The van der Waals surface area contributed by atoms with Gasteiger partial charge in [-0.15, -0.1) is 0 Å². The standard InChI is InChI=1S/C17H20FN3O/c1-3-12(2)21-17(22)16-9-8-15(11-20-16)19-10-13-4-6-14(18)7-5-13/h4-9,11-12,19H,3,10H2,1-2H3,(H,21,22). The molecule has 2 rings (SSSR count). The maximum absolute atomic E-state index is 12.8. The monoisotopic (exact) mass is 301 g/mol. The minimum Gasteiger partial charge on any atom is -0.380 e. The first-order valence-electron chi connectivity index (χ1n) is 7.33. The molecule has 2 N–H and O–H groups in total. The van der Waals surface area contributed by atoms with Gasteiger partial charge in [0.05, 0.1) is 11.9 Å². The molecular weight excluding hydrogens is 281 g/mol. The molecule has 0 aliphatic heterocycles. The number of amides is 1. The number of rotatable bonds is 6. The normalized spacial score (nSPS) is 11.8. The quantitative estimate of drug-likeness (QED) is 0.860. The minimum absolute atomic E-state index is 0.130. The second-order valence-electron chi connectivity index (χ2n) is 5.19. The molecule has 1 aromatic carbocycles. The van der Waals surface area contributed by atoms with Gasteiger partial charge >= 0.3 is 0 Å². The summed E-state index contributed by atoms with van der Waals surface area (Å²) in [6.07, 6.45) is 2.50. The van der Waals surface area contributed by atoms with Gasteiger partial charge in [0, 0.05) is 12.6 Å². The predicted molar refractivity (Wildman–Crippen MR) is 85.2 cm³/mol. The SMILES string of the molecule is CCC(C)NC(=O)c1ccc(NCc2ccc(F)cc2)cn1. The van der Waals surface area contributed by atoms with E-state index in [2.05, 4.69) is 15.6 Å². The number of carbonyl (C=O) groups is 1. The summed E-state index contributed by atoms with van der Waals surface area (Å²) >= 11 is 0. The van der Waals surface area contributed by atoms with Gasteiger partial charge in [-0.25, -0.2) is 9.37 Å². The van der Waals surface area contributed by atoms with Crippen LogP contribution in [0, 0.1) is 5.82 Å². The zero-order chi connectivity index (χ0) is 15.9. The van der Waals surface area contributed by atoms with Crippen LogP contribution in [0.3, 0.4) is 0 Å². The molecule has 0 fully saturated rings. The second-order valence-corrected chi connectivity index (χ2v) is 5.19. The molecule has 0 spiro atoms. The Morgan fingerprint density at radius 3 is 2.55 bits per heavy atom. The van der Waals surface area contributed by atoms with Gasteiger partial charge in [-0.2, -0.15) is 0 Å². The van der Waals surface area contributed by atoms with Gasteiger partial charge in [-0.1, -0.05) is 19.1 Å². The van der Waals surface area contributed by atoms with Crippen molar-refractivity contribution in [3.63, 3.8) is 0 Å². The highest BCUT2D eigenvalue weighted by Crippen LogP contribution is 2.10. The van der Waals surface area contributed by atoms with Crippen molar-refractivity contribution in [1.82, 2.24) is 10.3 Å². The van der Waals surface area contributed by atoms with Gasteiger partial charge < -0.3 is 10.6 Å². The summed E-state index contributed by atoms with van der Waals surface area (Å²) in [4.78, 5) is 16.1. The van der Waals surface area contributed by atoms with Crippen LogP contribution in [-0.4, -0.2) is 16.9 Å². The Morgan fingerprint density at radius 2 is 1.95 bits per heavy atom. The Balaban J connectivity index is 1.91. The number of halogens is 1. The highest BCUT2D eigenvalue weighted by molar-refractivity contribution is 5.92. The molecule has 1 unspecified atom stereocenters. The van der Waals surface area contributed by atoms with Gasteiger partial charge in [0.25, 0.3) is 5.91 Å². The molecule has 0 radical (unpaired) electrons. The average molecular weight is 301 g/mol. The molecule has 2 aromatic rings. The number of anilines is 1.